The van der Waals surface area contributed by atoms with E-state index in [1.807, 2.05) is 31.2 Å². The molecule has 1 saturated heterocycles. The number of nitrogens with one attached hydrogen (secondary N) is 2. The number of ether oxygens (including phenoxy) is 1. The van der Waals surface area contributed by atoms with Gasteiger partial charge in [0.1, 0.15) is 5.75 Å². The Labute approximate surface area is 114 Å². The fraction of sp³-hybridized carbons (Fsp3) is 0.533. The third-order valence-electron chi connectivity index (χ3n) is 3.83. The highest BCUT2D eigenvalue weighted by Crippen LogP contribution is 2.20. The molecule has 1 amide bonds. The summed E-state index contributed by atoms with van der Waals surface area (Å²) in [6, 6.07) is 7.82. The van der Waals surface area contributed by atoms with Crippen LogP contribution in [0.3, 0.4) is 0 Å². The molecule has 0 spiro atoms. The molecule has 0 radical (unpaired) electrons. The highest BCUT2D eigenvalue weighted by molar-refractivity contribution is 5.80. The molecule has 4 nitrogen and oxygen atoms in total. The lowest BCUT2D eigenvalue weighted by Gasteiger charge is -2.19. The molecule has 0 aliphatic carbocycles. The lowest BCUT2D eigenvalue weighted by atomic mass is 9.96. The van der Waals surface area contributed by atoms with Gasteiger partial charge >= 0.3 is 0 Å². The zero-order chi connectivity index (χ0) is 13.8. The molecule has 1 heterocycles. The minimum atomic E-state index is 0.0196. The van der Waals surface area contributed by atoms with Gasteiger partial charge in [-0.25, -0.2) is 0 Å². The molecule has 104 valence electrons. The Morgan fingerprint density at radius 3 is 2.58 bits per heavy atom. The van der Waals surface area contributed by atoms with Gasteiger partial charge in [-0.05, 0) is 37.1 Å². The van der Waals surface area contributed by atoms with Gasteiger partial charge in [0.25, 0.3) is 0 Å². The number of carbonyl (C=O) groups excluding carboxylic acids is 1. The minimum Gasteiger partial charge on any atom is -0.497 e. The molecule has 1 fully saturated rings. The number of hydrogen-bond acceptors (Lipinski definition) is 3. The number of carbonyl (C=O) groups is 1. The highest BCUT2D eigenvalue weighted by Gasteiger charge is 2.30. The first-order valence-corrected chi connectivity index (χ1v) is 6.77. The van der Waals surface area contributed by atoms with Crippen molar-refractivity contribution in [3.8, 4) is 5.75 Å². The molecule has 3 atom stereocenters. The largest absolute Gasteiger partial charge is 0.497 e. The molecule has 2 rings (SSSR count). The Morgan fingerprint density at radius 2 is 2.05 bits per heavy atom. The van der Waals surface area contributed by atoms with Gasteiger partial charge in [-0.2, -0.15) is 0 Å². The smallest absolute Gasteiger partial charge is 0.225 e. The van der Waals surface area contributed by atoms with Crippen molar-refractivity contribution in [1.29, 1.82) is 0 Å². The van der Waals surface area contributed by atoms with Crippen LogP contribution in [0, 0.1) is 11.8 Å². The number of hydrogen-bond donors (Lipinski definition) is 2. The second kappa shape index (κ2) is 6.06. The molecule has 2 N–H and O–H groups in total. The third-order valence-corrected chi connectivity index (χ3v) is 3.83. The maximum atomic E-state index is 12.2. The maximum Gasteiger partial charge on any atom is 0.225 e. The van der Waals surface area contributed by atoms with Crippen molar-refractivity contribution < 1.29 is 9.53 Å². The molecular weight excluding hydrogens is 240 g/mol. The van der Waals surface area contributed by atoms with Gasteiger partial charge in [-0.3, -0.25) is 4.79 Å². The first-order chi connectivity index (χ1) is 9.11. The predicted molar refractivity (Wildman–Crippen MR) is 75.1 cm³/mol. The summed E-state index contributed by atoms with van der Waals surface area (Å²) in [7, 11) is 1.65. The summed E-state index contributed by atoms with van der Waals surface area (Å²) in [4.78, 5) is 12.2. The van der Waals surface area contributed by atoms with Crippen molar-refractivity contribution in [1.82, 2.24) is 10.6 Å². The standard InChI is InChI=1S/C15H22N2O2/c1-10-8-16-9-14(10)15(18)17-11(2)12-4-6-13(19-3)7-5-12/h4-7,10-11,14,16H,8-9H2,1-3H3,(H,17,18). The van der Waals surface area contributed by atoms with E-state index in [1.165, 1.54) is 0 Å². The molecule has 0 saturated carbocycles. The normalized spacial score (nSPS) is 23.9. The van der Waals surface area contributed by atoms with E-state index in [0.717, 1.165) is 24.4 Å². The van der Waals surface area contributed by atoms with Crippen LogP contribution in [0.4, 0.5) is 0 Å². The Balaban J connectivity index is 1.95. The van der Waals surface area contributed by atoms with Crippen LogP contribution in [0.15, 0.2) is 24.3 Å². The molecule has 4 heteroatoms. The number of methoxy groups -OCH3 is 1. The summed E-state index contributed by atoms with van der Waals surface area (Å²) < 4.78 is 5.13. The molecule has 0 aromatic heterocycles. The number of amides is 1. The van der Waals surface area contributed by atoms with E-state index in [-0.39, 0.29) is 17.9 Å². The lowest BCUT2D eigenvalue weighted by molar-refractivity contribution is -0.126. The summed E-state index contributed by atoms with van der Waals surface area (Å²) in [6.07, 6.45) is 0. The minimum absolute atomic E-state index is 0.0196. The molecule has 1 aliphatic heterocycles. The second-order valence-corrected chi connectivity index (χ2v) is 5.25. The average molecular weight is 262 g/mol. The van der Waals surface area contributed by atoms with Crippen molar-refractivity contribution in [2.75, 3.05) is 20.2 Å². The first kappa shape index (κ1) is 13.9. The van der Waals surface area contributed by atoms with Crippen molar-refractivity contribution in [3.63, 3.8) is 0 Å². The van der Waals surface area contributed by atoms with E-state index in [2.05, 4.69) is 17.6 Å². The Morgan fingerprint density at radius 1 is 1.37 bits per heavy atom. The summed E-state index contributed by atoms with van der Waals surface area (Å²) in [6.45, 7) is 5.83. The predicted octanol–water partition coefficient (Wildman–Crippen LogP) is 1.73. The van der Waals surface area contributed by atoms with Gasteiger partial charge in [-0.15, -0.1) is 0 Å². The van der Waals surface area contributed by atoms with Crippen molar-refractivity contribution in [3.05, 3.63) is 29.8 Å². The van der Waals surface area contributed by atoms with E-state index < -0.39 is 0 Å². The summed E-state index contributed by atoms with van der Waals surface area (Å²) in [5, 5.41) is 6.34. The van der Waals surface area contributed by atoms with Crippen LogP contribution in [-0.2, 0) is 4.79 Å². The molecule has 1 aliphatic rings. The first-order valence-electron chi connectivity index (χ1n) is 6.77. The molecular formula is C15H22N2O2. The molecule has 1 aromatic rings. The van der Waals surface area contributed by atoms with Crippen LogP contribution in [0.2, 0.25) is 0 Å². The van der Waals surface area contributed by atoms with E-state index in [0.29, 0.717) is 5.92 Å². The van der Waals surface area contributed by atoms with Crippen LogP contribution >= 0.6 is 0 Å². The van der Waals surface area contributed by atoms with E-state index in [1.54, 1.807) is 7.11 Å². The molecule has 0 bridgehead atoms. The summed E-state index contributed by atoms with van der Waals surface area (Å²) in [5.41, 5.74) is 1.09. The zero-order valence-electron chi connectivity index (χ0n) is 11.8. The molecule has 3 unspecified atom stereocenters. The Bertz CT molecular complexity index is 430. The highest BCUT2D eigenvalue weighted by atomic mass is 16.5. The maximum absolute atomic E-state index is 12.2. The van der Waals surface area contributed by atoms with Gasteiger partial charge in [0.15, 0.2) is 0 Å². The van der Waals surface area contributed by atoms with Crippen LogP contribution in [-0.4, -0.2) is 26.1 Å². The fourth-order valence-electron chi connectivity index (χ4n) is 2.46. The third kappa shape index (κ3) is 3.26. The second-order valence-electron chi connectivity index (χ2n) is 5.25. The van der Waals surface area contributed by atoms with Gasteiger partial charge in [0, 0.05) is 6.54 Å². The lowest BCUT2D eigenvalue weighted by Crippen LogP contribution is -2.35. The summed E-state index contributed by atoms with van der Waals surface area (Å²) >= 11 is 0. The Kier molecular flexibility index (Phi) is 4.43. The molecule has 1 aromatic carbocycles. The average Bonchev–Trinajstić information content (AvgIpc) is 2.85. The van der Waals surface area contributed by atoms with Crippen LogP contribution < -0.4 is 15.4 Å². The van der Waals surface area contributed by atoms with Crippen molar-refractivity contribution in [2.45, 2.75) is 19.9 Å². The van der Waals surface area contributed by atoms with E-state index in [4.69, 9.17) is 4.74 Å². The quantitative estimate of drug-likeness (QED) is 0.869. The van der Waals surface area contributed by atoms with E-state index >= 15 is 0 Å². The van der Waals surface area contributed by atoms with Gasteiger partial charge in [-0.1, -0.05) is 19.1 Å². The van der Waals surface area contributed by atoms with Gasteiger partial charge < -0.3 is 15.4 Å². The SMILES string of the molecule is COc1ccc(C(C)NC(=O)C2CNCC2C)cc1. The zero-order valence-corrected chi connectivity index (χ0v) is 11.8. The van der Waals surface area contributed by atoms with E-state index in [9.17, 15) is 4.79 Å². The monoisotopic (exact) mass is 262 g/mol. The van der Waals surface area contributed by atoms with Crippen molar-refractivity contribution >= 4 is 5.91 Å². The van der Waals surface area contributed by atoms with Crippen LogP contribution in [0.1, 0.15) is 25.5 Å². The van der Waals surface area contributed by atoms with Gasteiger partial charge in [0.05, 0.1) is 19.1 Å². The topological polar surface area (TPSA) is 50.4 Å². The molecule has 19 heavy (non-hydrogen) atoms. The number of rotatable bonds is 4. The Hall–Kier alpha value is -1.55. The number of benzene rings is 1. The summed E-state index contributed by atoms with van der Waals surface area (Å²) in [5.74, 6) is 1.46. The fourth-order valence-corrected chi connectivity index (χ4v) is 2.46. The van der Waals surface area contributed by atoms with Crippen LogP contribution in [0.5, 0.6) is 5.75 Å². The van der Waals surface area contributed by atoms with Crippen molar-refractivity contribution in [2.24, 2.45) is 11.8 Å². The van der Waals surface area contributed by atoms with Crippen LogP contribution in [0.25, 0.3) is 0 Å². The van der Waals surface area contributed by atoms with Gasteiger partial charge in [0.2, 0.25) is 5.91 Å².